The zero-order valence-electron chi connectivity index (χ0n) is 28.3. The van der Waals surface area contributed by atoms with E-state index in [1.54, 1.807) is 6.07 Å². The lowest BCUT2D eigenvalue weighted by molar-refractivity contribution is -0.171. The summed E-state index contributed by atoms with van der Waals surface area (Å²) in [6.07, 6.45) is 0. The van der Waals surface area contributed by atoms with Crippen molar-refractivity contribution in [3.8, 4) is 22.3 Å². The molecule has 0 amide bonds. The fourth-order valence-electron chi connectivity index (χ4n) is 2.86. The van der Waals surface area contributed by atoms with Crippen molar-refractivity contribution in [3.63, 3.8) is 0 Å². The van der Waals surface area contributed by atoms with Gasteiger partial charge in [0.15, 0.2) is 5.60 Å². The molecule has 0 bridgehead atoms. The van der Waals surface area contributed by atoms with E-state index in [4.69, 9.17) is 23.3 Å². The molecule has 0 aliphatic carbocycles. The standard InChI is InChI=1S/C27H30NO3/c1-26(2,3)23-18-21(19-13-9-7-10-14-19)17-22(20-15-11-8-12-16-20)24(23)28-31-27(4,5)25(29)30-6/h7-18H,1-6H3/i7D,8D,9D,10D,11D,12D,13D,14D,15D,16D. The van der Waals surface area contributed by atoms with Crippen LogP contribution in [0.3, 0.4) is 0 Å². The van der Waals surface area contributed by atoms with Gasteiger partial charge in [-0.25, -0.2) is 9.63 Å². The first-order valence-corrected chi connectivity index (χ1v) is 9.58. The SMILES string of the molecule is [2H]c1c([2H])c([2H])c(-c2cc(-c3c([2H])c([2H])c([2H])c([2H])c3[2H])c([N]OC(C)(C)C(=O)OC)c(C(C)(C)C)c2)c([2H])c1[2H]. The Hall–Kier alpha value is -3.11. The molecule has 31 heavy (non-hydrogen) atoms. The zero-order chi connectivity index (χ0) is 31.4. The zero-order valence-corrected chi connectivity index (χ0v) is 18.3. The van der Waals surface area contributed by atoms with Crippen LogP contribution in [-0.2, 0) is 19.8 Å². The van der Waals surface area contributed by atoms with E-state index in [1.807, 2.05) is 20.8 Å². The molecular formula is C27H30NO3. The van der Waals surface area contributed by atoms with Crippen LogP contribution in [0.4, 0.5) is 5.69 Å². The molecule has 0 heterocycles. The van der Waals surface area contributed by atoms with Gasteiger partial charge in [0.05, 0.1) is 20.8 Å². The van der Waals surface area contributed by atoms with Gasteiger partial charge in [0, 0.05) is 5.56 Å². The van der Waals surface area contributed by atoms with Gasteiger partial charge >= 0.3 is 5.97 Å². The minimum absolute atomic E-state index is 0.0168. The lowest BCUT2D eigenvalue weighted by Gasteiger charge is -2.28. The average Bonchev–Trinajstić information content (AvgIpc) is 2.91. The highest BCUT2D eigenvalue weighted by molar-refractivity contribution is 5.84. The van der Waals surface area contributed by atoms with E-state index in [0.717, 1.165) is 0 Å². The molecule has 0 saturated carbocycles. The predicted octanol–water partition coefficient (Wildman–Crippen LogP) is 6.44. The number of rotatable bonds is 6. The van der Waals surface area contributed by atoms with Gasteiger partial charge in [0.25, 0.3) is 0 Å². The Labute approximate surface area is 199 Å². The maximum Gasteiger partial charge on any atom is 0.340 e. The number of hydrogen-bond donors (Lipinski definition) is 0. The van der Waals surface area contributed by atoms with Crippen molar-refractivity contribution in [2.75, 3.05) is 7.11 Å². The van der Waals surface area contributed by atoms with Crippen molar-refractivity contribution in [1.82, 2.24) is 5.48 Å². The molecule has 0 spiro atoms. The maximum absolute atomic E-state index is 12.3. The first-order chi connectivity index (χ1) is 18.8. The highest BCUT2D eigenvalue weighted by atomic mass is 16.7. The fourth-order valence-corrected chi connectivity index (χ4v) is 2.86. The number of carbonyl (C=O) groups is 1. The Kier molecular flexibility index (Phi) is 3.66. The summed E-state index contributed by atoms with van der Waals surface area (Å²) in [5, 5.41) is 0. The average molecular weight is 427 g/mol. The third-order valence-electron chi connectivity index (χ3n) is 4.52. The molecule has 0 aromatic heterocycles. The quantitative estimate of drug-likeness (QED) is 0.337. The number of methoxy groups -OCH3 is 1. The normalized spacial score (nSPS) is 16.3. The summed E-state index contributed by atoms with van der Waals surface area (Å²) in [5.41, 5.74) is 2.09. The summed E-state index contributed by atoms with van der Waals surface area (Å²) in [5.74, 6) is -0.737. The molecule has 0 atom stereocenters. The van der Waals surface area contributed by atoms with Crippen LogP contribution < -0.4 is 5.48 Å². The van der Waals surface area contributed by atoms with Crippen LogP contribution in [0.2, 0.25) is 0 Å². The molecule has 4 nitrogen and oxygen atoms in total. The first kappa shape index (κ1) is 12.7. The van der Waals surface area contributed by atoms with Crippen molar-refractivity contribution in [3.05, 3.63) is 78.1 Å². The lowest BCUT2D eigenvalue weighted by Crippen LogP contribution is -2.38. The summed E-state index contributed by atoms with van der Waals surface area (Å²) >= 11 is 0. The predicted molar refractivity (Wildman–Crippen MR) is 125 cm³/mol. The molecule has 161 valence electrons. The Morgan fingerprint density at radius 3 is 1.90 bits per heavy atom. The van der Waals surface area contributed by atoms with E-state index in [2.05, 4.69) is 5.48 Å². The van der Waals surface area contributed by atoms with Gasteiger partial charge in [-0.1, -0.05) is 81.2 Å². The summed E-state index contributed by atoms with van der Waals surface area (Å²) in [4.78, 5) is 17.9. The summed E-state index contributed by atoms with van der Waals surface area (Å²) in [6, 6.07) is -2.63. The Morgan fingerprint density at radius 2 is 1.39 bits per heavy atom. The van der Waals surface area contributed by atoms with Gasteiger partial charge in [0.2, 0.25) is 0 Å². The minimum Gasteiger partial charge on any atom is -0.467 e. The number of hydrogen-bond acceptors (Lipinski definition) is 3. The van der Waals surface area contributed by atoms with E-state index < -0.39 is 77.4 Å². The van der Waals surface area contributed by atoms with Gasteiger partial charge in [0.1, 0.15) is 5.69 Å². The number of carbonyl (C=O) groups excluding carboxylic acids is 1. The Bertz CT molecular complexity index is 1510. The highest BCUT2D eigenvalue weighted by Crippen LogP contribution is 2.41. The van der Waals surface area contributed by atoms with Crippen LogP contribution >= 0.6 is 0 Å². The molecule has 3 aromatic carbocycles. The van der Waals surface area contributed by atoms with Crippen molar-refractivity contribution in [2.24, 2.45) is 0 Å². The number of benzene rings is 3. The van der Waals surface area contributed by atoms with E-state index in [0.29, 0.717) is 5.56 Å². The third-order valence-corrected chi connectivity index (χ3v) is 4.52. The summed E-state index contributed by atoms with van der Waals surface area (Å²) in [7, 11) is 1.18. The van der Waals surface area contributed by atoms with Gasteiger partial charge in [-0.05, 0) is 53.6 Å². The van der Waals surface area contributed by atoms with E-state index in [1.165, 1.54) is 27.0 Å². The molecule has 3 rings (SSSR count). The summed E-state index contributed by atoms with van der Waals surface area (Å²) in [6.45, 7) is 8.27. The van der Waals surface area contributed by atoms with E-state index >= 15 is 0 Å². The van der Waals surface area contributed by atoms with Gasteiger partial charge < -0.3 is 4.74 Å². The number of esters is 1. The maximum atomic E-state index is 12.3. The highest BCUT2D eigenvalue weighted by Gasteiger charge is 2.33. The number of ether oxygens (including phenoxy) is 1. The molecule has 0 fully saturated rings. The molecule has 4 heteroatoms. The van der Waals surface area contributed by atoms with Crippen LogP contribution in [0.15, 0.2) is 72.6 Å². The molecule has 0 unspecified atom stereocenters. The molecule has 3 aromatic rings. The molecule has 0 aliphatic heterocycles. The van der Waals surface area contributed by atoms with E-state index in [-0.39, 0.29) is 27.9 Å². The second-order valence-electron chi connectivity index (χ2n) is 8.35. The molecule has 0 aliphatic rings. The van der Waals surface area contributed by atoms with Crippen LogP contribution in [0.5, 0.6) is 0 Å². The minimum atomic E-state index is -1.56. The van der Waals surface area contributed by atoms with Gasteiger partial charge in [-0.3, -0.25) is 0 Å². The number of nitrogens with zero attached hydrogens (tertiary/aromatic N) is 1. The first-order valence-electron chi connectivity index (χ1n) is 14.6. The Morgan fingerprint density at radius 1 is 0.839 bits per heavy atom. The van der Waals surface area contributed by atoms with Gasteiger partial charge in [-0.15, -0.1) is 5.48 Å². The summed E-state index contributed by atoms with van der Waals surface area (Å²) < 4.78 is 87.7. The second-order valence-corrected chi connectivity index (χ2v) is 8.35. The smallest absolute Gasteiger partial charge is 0.340 e. The van der Waals surface area contributed by atoms with Crippen LogP contribution in [0.25, 0.3) is 22.3 Å². The molecule has 1 radical (unpaired) electrons. The van der Waals surface area contributed by atoms with E-state index in [9.17, 15) is 4.79 Å². The Balaban J connectivity index is 2.55. The molecule has 0 saturated heterocycles. The van der Waals surface area contributed by atoms with Crippen molar-refractivity contribution in [1.29, 1.82) is 0 Å². The monoisotopic (exact) mass is 426 g/mol. The molecular weight excluding hydrogens is 386 g/mol. The van der Waals surface area contributed by atoms with Crippen molar-refractivity contribution in [2.45, 2.75) is 45.6 Å². The molecule has 0 N–H and O–H groups in total. The van der Waals surface area contributed by atoms with Crippen LogP contribution in [0, 0.1) is 0 Å². The van der Waals surface area contributed by atoms with Crippen molar-refractivity contribution >= 4 is 11.7 Å². The largest absolute Gasteiger partial charge is 0.467 e. The topological polar surface area (TPSA) is 49.6 Å². The fraction of sp³-hybridized carbons (Fsp3) is 0.296. The van der Waals surface area contributed by atoms with Crippen LogP contribution in [-0.4, -0.2) is 18.7 Å². The second kappa shape index (κ2) is 8.94. The van der Waals surface area contributed by atoms with Crippen molar-refractivity contribution < 1.29 is 28.1 Å². The third kappa shape index (κ3) is 5.15. The van der Waals surface area contributed by atoms with Crippen LogP contribution in [0.1, 0.15) is 53.9 Å². The van der Waals surface area contributed by atoms with Gasteiger partial charge in [-0.2, -0.15) is 0 Å². The lowest BCUT2D eigenvalue weighted by atomic mass is 9.81.